The Hall–Kier alpha value is -2.15. The molecular formula is C13H13N3O. The molecule has 0 aliphatic carbocycles. The van der Waals surface area contributed by atoms with Crippen LogP contribution in [0.1, 0.15) is 26.5 Å². The van der Waals surface area contributed by atoms with E-state index in [4.69, 9.17) is 6.57 Å². The maximum absolute atomic E-state index is 11.9. The van der Waals surface area contributed by atoms with Crippen LogP contribution in [0.4, 0.5) is 5.69 Å². The van der Waals surface area contributed by atoms with Crippen molar-refractivity contribution in [2.75, 3.05) is 0 Å². The predicted molar refractivity (Wildman–Crippen MR) is 66.4 cm³/mol. The minimum absolute atomic E-state index is 0.148. The zero-order valence-corrected chi connectivity index (χ0v) is 10.1. The van der Waals surface area contributed by atoms with Crippen molar-refractivity contribution >= 4 is 11.3 Å². The highest BCUT2D eigenvalue weighted by molar-refractivity contribution is 5.68. The minimum atomic E-state index is -0.205. The zero-order valence-electron chi connectivity index (χ0n) is 10.1. The molecule has 17 heavy (non-hydrogen) atoms. The summed E-state index contributed by atoms with van der Waals surface area (Å²) in [6, 6.07) is 4.88. The van der Waals surface area contributed by atoms with Gasteiger partial charge in [0.15, 0.2) is 0 Å². The molecule has 4 heteroatoms. The number of nitrogens with zero attached hydrogens (tertiary/aromatic N) is 3. The van der Waals surface area contributed by atoms with E-state index in [-0.39, 0.29) is 11.0 Å². The summed E-state index contributed by atoms with van der Waals surface area (Å²) in [7, 11) is 0. The van der Waals surface area contributed by atoms with E-state index < -0.39 is 0 Å². The molecule has 0 aromatic carbocycles. The third-order valence-corrected chi connectivity index (χ3v) is 2.56. The van der Waals surface area contributed by atoms with E-state index in [1.54, 1.807) is 18.3 Å². The highest BCUT2D eigenvalue weighted by atomic mass is 16.1. The third kappa shape index (κ3) is 1.92. The summed E-state index contributed by atoms with van der Waals surface area (Å²) in [4.78, 5) is 19.8. The summed E-state index contributed by atoms with van der Waals surface area (Å²) >= 11 is 0. The van der Waals surface area contributed by atoms with E-state index in [0.29, 0.717) is 17.0 Å². The topological polar surface area (TPSA) is 38.7 Å². The molecule has 0 spiro atoms. The van der Waals surface area contributed by atoms with Crippen molar-refractivity contribution in [1.82, 2.24) is 9.38 Å². The van der Waals surface area contributed by atoms with Crippen molar-refractivity contribution in [3.05, 3.63) is 51.9 Å². The SMILES string of the molecule is [C-]#[N+]c1cccn2c(=O)cc(C(C)(C)C)nc12. The Morgan fingerprint density at radius 1 is 1.41 bits per heavy atom. The fourth-order valence-electron chi connectivity index (χ4n) is 1.58. The zero-order chi connectivity index (χ0) is 12.6. The number of hydrogen-bond acceptors (Lipinski definition) is 2. The van der Waals surface area contributed by atoms with Gasteiger partial charge in [0.2, 0.25) is 5.69 Å². The maximum Gasteiger partial charge on any atom is 0.257 e. The monoisotopic (exact) mass is 227 g/mol. The van der Waals surface area contributed by atoms with Crippen LogP contribution in [0.3, 0.4) is 0 Å². The second-order valence-corrected chi connectivity index (χ2v) is 4.93. The number of rotatable bonds is 0. The van der Waals surface area contributed by atoms with E-state index in [2.05, 4.69) is 9.83 Å². The van der Waals surface area contributed by atoms with Gasteiger partial charge in [-0.25, -0.2) is 9.83 Å². The third-order valence-electron chi connectivity index (χ3n) is 2.56. The average molecular weight is 227 g/mol. The Morgan fingerprint density at radius 3 is 2.71 bits per heavy atom. The molecule has 86 valence electrons. The van der Waals surface area contributed by atoms with Gasteiger partial charge in [-0.15, -0.1) is 0 Å². The Kier molecular flexibility index (Phi) is 2.47. The molecule has 0 aliphatic rings. The fraction of sp³-hybridized carbons (Fsp3) is 0.308. The van der Waals surface area contributed by atoms with Crippen LogP contribution in [0.15, 0.2) is 29.2 Å². The molecule has 0 saturated carbocycles. The molecule has 0 saturated heterocycles. The molecule has 0 atom stereocenters. The van der Waals surface area contributed by atoms with Gasteiger partial charge in [0.05, 0.1) is 12.3 Å². The second kappa shape index (κ2) is 3.70. The number of hydrogen-bond donors (Lipinski definition) is 0. The van der Waals surface area contributed by atoms with Crippen LogP contribution in [-0.4, -0.2) is 9.38 Å². The molecule has 0 unspecified atom stereocenters. The van der Waals surface area contributed by atoms with Crippen LogP contribution < -0.4 is 5.56 Å². The van der Waals surface area contributed by atoms with Gasteiger partial charge in [-0.2, -0.15) is 0 Å². The number of aromatic nitrogens is 2. The molecule has 4 nitrogen and oxygen atoms in total. The van der Waals surface area contributed by atoms with Crippen molar-refractivity contribution in [1.29, 1.82) is 0 Å². The molecule has 2 heterocycles. The lowest BCUT2D eigenvalue weighted by Crippen LogP contribution is -2.21. The van der Waals surface area contributed by atoms with Crippen molar-refractivity contribution in [3.8, 4) is 0 Å². The van der Waals surface area contributed by atoms with Gasteiger partial charge >= 0.3 is 0 Å². The number of fused-ring (bicyclic) bond motifs is 1. The molecule has 2 rings (SSSR count). The summed E-state index contributed by atoms with van der Waals surface area (Å²) in [6.45, 7) is 13.1. The summed E-state index contributed by atoms with van der Waals surface area (Å²) in [5, 5.41) is 0. The Morgan fingerprint density at radius 2 is 2.12 bits per heavy atom. The van der Waals surface area contributed by atoms with Crippen LogP contribution in [0.25, 0.3) is 10.5 Å². The van der Waals surface area contributed by atoms with Crippen molar-refractivity contribution < 1.29 is 0 Å². The molecule has 0 bridgehead atoms. The highest BCUT2D eigenvalue weighted by Gasteiger charge is 2.17. The van der Waals surface area contributed by atoms with Crippen LogP contribution in [-0.2, 0) is 5.41 Å². The van der Waals surface area contributed by atoms with E-state index in [0.717, 1.165) is 0 Å². The van der Waals surface area contributed by atoms with Crippen molar-refractivity contribution in [2.45, 2.75) is 26.2 Å². The molecule has 0 amide bonds. The largest absolute Gasteiger partial charge is 0.277 e. The molecular weight excluding hydrogens is 214 g/mol. The summed E-state index contributed by atoms with van der Waals surface area (Å²) in [5.41, 5.74) is 1.18. The van der Waals surface area contributed by atoms with Gasteiger partial charge in [-0.1, -0.05) is 32.9 Å². The molecule has 2 aromatic heterocycles. The first-order valence-electron chi connectivity index (χ1n) is 5.34. The van der Waals surface area contributed by atoms with Gasteiger partial charge in [0.25, 0.3) is 5.56 Å². The van der Waals surface area contributed by atoms with Gasteiger partial charge in [0.1, 0.15) is 5.65 Å². The van der Waals surface area contributed by atoms with E-state index >= 15 is 0 Å². The van der Waals surface area contributed by atoms with Crippen LogP contribution in [0.2, 0.25) is 0 Å². The van der Waals surface area contributed by atoms with E-state index in [1.165, 1.54) is 10.5 Å². The van der Waals surface area contributed by atoms with Crippen LogP contribution in [0.5, 0.6) is 0 Å². The van der Waals surface area contributed by atoms with Crippen molar-refractivity contribution in [2.24, 2.45) is 0 Å². The lowest BCUT2D eigenvalue weighted by Gasteiger charge is -2.18. The van der Waals surface area contributed by atoms with Gasteiger partial charge in [-0.05, 0) is 0 Å². The normalized spacial score (nSPS) is 11.4. The Balaban J connectivity index is 2.90. The smallest absolute Gasteiger partial charge is 0.257 e. The second-order valence-electron chi connectivity index (χ2n) is 4.93. The van der Waals surface area contributed by atoms with E-state index in [9.17, 15) is 4.79 Å². The van der Waals surface area contributed by atoms with Crippen LogP contribution in [0, 0.1) is 6.57 Å². The van der Waals surface area contributed by atoms with Crippen LogP contribution >= 0.6 is 0 Å². The Labute approximate surface area is 99.4 Å². The maximum atomic E-state index is 11.9. The van der Waals surface area contributed by atoms with Crippen molar-refractivity contribution in [3.63, 3.8) is 0 Å². The minimum Gasteiger partial charge on any atom is -0.277 e. The summed E-state index contributed by atoms with van der Waals surface area (Å²) < 4.78 is 1.41. The highest BCUT2D eigenvalue weighted by Crippen LogP contribution is 2.22. The molecule has 0 N–H and O–H groups in total. The molecule has 2 aromatic rings. The molecule has 0 aliphatic heterocycles. The van der Waals surface area contributed by atoms with E-state index in [1.807, 2.05) is 20.8 Å². The average Bonchev–Trinajstić information content (AvgIpc) is 2.27. The lowest BCUT2D eigenvalue weighted by atomic mass is 9.92. The Bertz CT molecular complexity index is 672. The summed E-state index contributed by atoms with van der Waals surface area (Å²) in [5.74, 6) is 0. The summed E-state index contributed by atoms with van der Waals surface area (Å²) in [6.07, 6.45) is 1.63. The number of pyridine rings is 1. The first kappa shape index (κ1) is 11.3. The first-order chi connectivity index (χ1) is 7.93. The van der Waals surface area contributed by atoms with Gasteiger partial charge in [0, 0.05) is 17.7 Å². The molecule has 0 fully saturated rings. The van der Waals surface area contributed by atoms with Gasteiger partial charge < -0.3 is 0 Å². The first-order valence-corrected chi connectivity index (χ1v) is 5.34. The molecule has 0 radical (unpaired) electrons. The quantitative estimate of drug-likeness (QED) is 0.649. The fourth-order valence-corrected chi connectivity index (χ4v) is 1.58. The van der Waals surface area contributed by atoms with Gasteiger partial charge in [-0.3, -0.25) is 9.20 Å². The standard InChI is InChI=1S/C13H13N3O/c1-13(2,3)10-8-11(17)16-7-5-6-9(14-4)12(16)15-10/h5-8H,1-3H3. The lowest BCUT2D eigenvalue weighted by molar-refractivity contribution is 0.567. The predicted octanol–water partition coefficient (Wildman–Crippen LogP) is 2.54.